The van der Waals surface area contributed by atoms with Crippen LogP contribution < -0.4 is 5.32 Å². The first kappa shape index (κ1) is 11.3. The molecule has 0 aromatic carbocycles. The van der Waals surface area contributed by atoms with E-state index >= 15 is 0 Å². The third-order valence-corrected chi connectivity index (χ3v) is 2.98. The highest BCUT2D eigenvalue weighted by Gasteiger charge is 2.07. The van der Waals surface area contributed by atoms with Crippen molar-refractivity contribution in [2.45, 2.75) is 19.4 Å². The second-order valence-corrected chi connectivity index (χ2v) is 4.32. The second-order valence-electron chi connectivity index (χ2n) is 3.50. The van der Waals surface area contributed by atoms with Crippen LogP contribution in [0.3, 0.4) is 0 Å². The Balaban J connectivity index is 2.24. The van der Waals surface area contributed by atoms with Gasteiger partial charge >= 0.3 is 0 Å². The number of nitrogens with one attached hydrogen (secondary N) is 1. The molecule has 0 aliphatic heterocycles. The number of hydrogen-bond acceptors (Lipinski definition) is 4. The largest absolute Gasteiger partial charge is 0.391 e. The van der Waals surface area contributed by atoms with Gasteiger partial charge in [-0.3, -0.25) is 0 Å². The van der Waals surface area contributed by atoms with E-state index in [1.807, 2.05) is 19.1 Å². The third kappa shape index (κ3) is 2.17. The van der Waals surface area contributed by atoms with Gasteiger partial charge in [0.05, 0.1) is 6.10 Å². The van der Waals surface area contributed by atoms with Crippen LogP contribution in [0.5, 0.6) is 0 Å². The van der Waals surface area contributed by atoms with Crippen molar-refractivity contribution < 1.29 is 5.11 Å². The van der Waals surface area contributed by atoms with E-state index in [0.717, 1.165) is 22.4 Å². The predicted octanol–water partition coefficient (Wildman–Crippen LogP) is 1.67. The van der Waals surface area contributed by atoms with Gasteiger partial charge in [-0.05, 0) is 34.5 Å². The molecule has 0 fully saturated rings. The minimum absolute atomic E-state index is 0.353. The third-order valence-electron chi connectivity index (χ3n) is 2.38. The molecule has 2 rings (SSSR count). The van der Waals surface area contributed by atoms with Crippen molar-refractivity contribution in [3.63, 3.8) is 0 Å². The maximum atomic E-state index is 9.47. The molecule has 2 aromatic rings. The highest BCUT2D eigenvalue weighted by molar-refractivity contribution is 9.10. The maximum Gasteiger partial charge on any atom is 0.154 e. The zero-order valence-corrected chi connectivity index (χ0v) is 10.5. The first-order chi connectivity index (χ1) is 7.72. The van der Waals surface area contributed by atoms with Crippen molar-refractivity contribution in [3.05, 3.63) is 23.1 Å². The summed E-state index contributed by atoms with van der Waals surface area (Å²) in [5.41, 5.74) is 0.887. The number of nitrogens with zero attached hydrogens (tertiary/aromatic N) is 3. The molecule has 0 saturated carbocycles. The smallest absolute Gasteiger partial charge is 0.154 e. The molecule has 0 saturated heterocycles. The number of hydrogen-bond donors (Lipinski definition) is 2. The maximum absolute atomic E-state index is 9.47. The molecule has 16 heavy (non-hydrogen) atoms. The molecule has 0 aliphatic carbocycles. The normalized spacial score (nSPS) is 12.9. The Labute approximate surface area is 102 Å². The van der Waals surface area contributed by atoms with Crippen LogP contribution in [-0.4, -0.2) is 32.4 Å². The van der Waals surface area contributed by atoms with Crippen LogP contribution in [0, 0.1) is 0 Å². The van der Waals surface area contributed by atoms with E-state index in [1.54, 1.807) is 4.52 Å². The molecule has 5 nitrogen and oxygen atoms in total. The molecule has 0 spiro atoms. The number of halogens is 1. The van der Waals surface area contributed by atoms with Gasteiger partial charge in [0.25, 0.3) is 0 Å². The van der Waals surface area contributed by atoms with Crippen molar-refractivity contribution in [2.24, 2.45) is 0 Å². The van der Waals surface area contributed by atoms with Crippen molar-refractivity contribution >= 4 is 27.3 Å². The summed E-state index contributed by atoms with van der Waals surface area (Å²) in [6.45, 7) is 2.43. The summed E-state index contributed by atoms with van der Waals surface area (Å²) in [7, 11) is 0. The van der Waals surface area contributed by atoms with Gasteiger partial charge in [-0.15, -0.1) is 0 Å². The number of aromatic nitrogens is 3. The van der Waals surface area contributed by atoms with Gasteiger partial charge in [-0.1, -0.05) is 6.92 Å². The zero-order chi connectivity index (χ0) is 11.5. The molecular formula is C10H13BrN4O. The van der Waals surface area contributed by atoms with Crippen LogP contribution in [0.15, 0.2) is 23.1 Å². The zero-order valence-electron chi connectivity index (χ0n) is 8.89. The van der Waals surface area contributed by atoms with Crippen molar-refractivity contribution in [1.82, 2.24) is 14.6 Å². The van der Waals surface area contributed by atoms with Crippen LogP contribution in [0.2, 0.25) is 0 Å². The summed E-state index contributed by atoms with van der Waals surface area (Å²) in [5, 5.41) is 16.7. The molecule has 6 heteroatoms. The van der Waals surface area contributed by atoms with Gasteiger partial charge in [-0.2, -0.15) is 5.10 Å². The molecule has 2 N–H and O–H groups in total. The molecule has 1 atom stereocenters. The summed E-state index contributed by atoms with van der Waals surface area (Å²) in [6, 6.07) is 3.83. The van der Waals surface area contributed by atoms with E-state index in [-0.39, 0.29) is 6.10 Å². The van der Waals surface area contributed by atoms with Crippen LogP contribution in [0.4, 0.5) is 5.82 Å². The van der Waals surface area contributed by atoms with Crippen molar-refractivity contribution in [1.29, 1.82) is 0 Å². The van der Waals surface area contributed by atoms with Gasteiger partial charge in [0.1, 0.15) is 16.4 Å². The lowest BCUT2D eigenvalue weighted by Gasteiger charge is -2.10. The van der Waals surface area contributed by atoms with Crippen molar-refractivity contribution in [2.75, 3.05) is 11.9 Å². The minimum atomic E-state index is -0.353. The topological polar surface area (TPSA) is 62.5 Å². The summed E-state index contributed by atoms with van der Waals surface area (Å²) >= 11 is 3.39. The molecule has 0 aliphatic rings. The first-order valence-electron chi connectivity index (χ1n) is 5.12. The highest BCUT2D eigenvalue weighted by Crippen LogP contribution is 2.19. The standard InChI is InChI=1S/C10H13BrN4O/c1-2-7(16)5-12-10-8-3-4-9(11)15(8)14-6-13-10/h3-4,6-7,16H,2,5H2,1H3,(H,12,13,14)/t7-/m1/s1. The van der Waals surface area contributed by atoms with Crippen LogP contribution in [0.1, 0.15) is 13.3 Å². The Morgan fingerprint density at radius 1 is 1.56 bits per heavy atom. The average molecular weight is 285 g/mol. The Bertz CT molecular complexity index is 485. The fourth-order valence-electron chi connectivity index (χ4n) is 1.40. The van der Waals surface area contributed by atoms with E-state index < -0.39 is 0 Å². The molecule has 0 bridgehead atoms. The van der Waals surface area contributed by atoms with E-state index in [4.69, 9.17) is 0 Å². The Morgan fingerprint density at radius 2 is 2.38 bits per heavy atom. The summed E-state index contributed by atoms with van der Waals surface area (Å²) in [5.74, 6) is 0.730. The number of aliphatic hydroxyl groups is 1. The Hall–Kier alpha value is -1.14. The summed E-state index contributed by atoms with van der Waals surface area (Å²) < 4.78 is 2.62. The monoisotopic (exact) mass is 284 g/mol. The van der Waals surface area contributed by atoms with Crippen LogP contribution >= 0.6 is 15.9 Å². The average Bonchev–Trinajstić information content (AvgIpc) is 2.69. The van der Waals surface area contributed by atoms with E-state index in [9.17, 15) is 5.11 Å². The van der Waals surface area contributed by atoms with Crippen molar-refractivity contribution in [3.8, 4) is 0 Å². The summed E-state index contributed by atoms with van der Waals surface area (Å²) in [6.07, 6.45) is 1.85. The van der Waals surface area contributed by atoms with E-state index in [2.05, 4.69) is 31.3 Å². The molecule has 0 unspecified atom stereocenters. The molecule has 0 amide bonds. The van der Waals surface area contributed by atoms with E-state index in [1.165, 1.54) is 6.33 Å². The van der Waals surface area contributed by atoms with Gasteiger partial charge in [0, 0.05) is 6.54 Å². The number of aliphatic hydroxyl groups excluding tert-OH is 1. The van der Waals surface area contributed by atoms with Crippen LogP contribution in [-0.2, 0) is 0 Å². The fraction of sp³-hybridized carbons (Fsp3) is 0.400. The number of rotatable bonds is 4. The first-order valence-corrected chi connectivity index (χ1v) is 5.92. The Kier molecular flexibility index (Phi) is 3.40. The molecule has 86 valence electrons. The van der Waals surface area contributed by atoms with E-state index in [0.29, 0.717) is 6.54 Å². The lowest BCUT2D eigenvalue weighted by Crippen LogP contribution is -2.19. The lowest BCUT2D eigenvalue weighted by atomic mass is 10.3. The highest BCUT2D eigenvalue weighted by atomic mass is 79.9. The Morgan fingerprint density at radius 3 is 3.12 bits per heavy atom. The number of anilines is 1. The lowest BCUT2D eigenvalue weighted by molar-refractivity contribution is 0.183. The van der Waals surface area contributed by atoms with Gasteiger partial charge in [0.2, 0.25) is 0 Å². The van der Waals surface area contributed by atoms with Gasteiger partial charge in [-0.25, -0.2) is 9.50 Å². The molecule has 2 heterocycles. The van der Waals surface area contributed by atoms with Crippen LogP contribution in [0.25, 0.3) is 5.52 Å². The predicted molar refractivity (Wildman–Crippen MR) is 65.5 cm³/mol. The van der Waals surface area contributed by atoms with Gasteiger partial charge < -0.3 is 10.4 Å². The quantitative estimate of drug-likeness (QED) is 0.897. The summed E-state index contributed by atoms with van der Waals surface area (Å²) in [4.78, 5) is 4.15. The molecular weight excluding hydrogens is 272 g/mol. The number of fused-ring (bicyclic) bond motifs is 1. The van der Waals surface area contributed by atoms with Gasteiger partial charge in [0.15, 0.2) is 5.82 Å². The molecule has 2 aromatic heterocycles. The fourth-order valence-corrected chi connectivity index (χ4v) is 1.81. The minimum Gasteiger partial charge on any atom is -0.391 e. The molecule has 0 radical (unpaired) electrons. The second kappa shape index (κ2) is 4.80. The SMILES string of the molecule is CC[C@@H](O)CNc1ncnn2c(Br)ccc12.